The van der Waals surface area contributed by atoms with E-state index in [9.17, 15) is 4.79 Å². The molecule has 0 saturated heterocycles. The van der Waals surface area contributed by atoms with Crippen molar-refractivity contribution in [1.82, 2.24) is 14.8 Å². The molecule has 1 N–H and O–H groups in total. The molecule has 0 spiro atoms. The quantitative estimate of drug-likeness (QED) is 0.436. The van der Waals surface area contributed by atoms with E-state index in [1.54, 1.807) is 16.3 Å². The van der Waals surface area contributed by atoms with E-state index in [-0.39, 0.29) is 5.69 Å². The van der Waals surface area contributed by atoms with Crippen LogP contribution in [-0.4, -0.2) is 39.5 Å². The lowest BCUT2D eigenvalue weighted by Gasteiger charge is -2.03. The summed E-state index contributed by atoms with van der Waals surface area (Å²) in [6.07, 6.45) is 2.17. The van der Waals surface area contributed by atoms with E-state index >= 15 is 0 Å². The first-order valence-corrected chi connectivity index (χ1v) is 6.93. The van der Waals surface area contributed by atoms with Gasteiger partial charge in [-0.3, -0.25) is 4.57 Å². The monoisotopic (exact) mass is 261 g/mol. The van der Waals surface area contributed by atoms with Crippen molar-refractivity contribution in [1.29, 1.82) is 0 Å². The van der Waals surface area contributed by atoms with Crippen molar-refractivity contribution >= 4 is 24.4 Å². The first-order valence-electron chi connectivity index (χ1n) is 5.31. The highest BCUT2D eigenvalue weighted by Crippen LogP contribution is 2.35. The van der Waals surface area contributed by atoms with E-state index in [1.807, 2.05) is 0 Å². The molecule has 1 aromatic heterocycles. The van der Waals surface area contributed by atoms with Gasteiger partial charge in [-0.15, -0.1) is 5.10 Å². The fourth-order valence-electron chi connectivity index (χ4n) is 1.41. The summed E-state index contributed by atoms with van der Waals surface area (Å²) in [7, 11) is 0. The molecule has 0 aromatic carbocycles. The van der Waals surface area contributed by atoms with Crippen LogP contribution in [0.5, 0.6) is 0 Å². The minimum atomic E-state index is -0.0960. The van der Waals surface area contributed by atoms with Crippen LogP contribution in [0, 0.1) is 0 Å². The van der Waals surface area contributed by atoms with E-state index in [0.717, 1.165) is 29.5 Å². The lowest BCUT2D eigenvalue weighted by Crippen LogP contribution is -2.16. The van der Waals surface area contributed by atoms with Crippen molar-refractivity contribution in [2.75, 3.05) is 24.7 Å². The van der Waals surface area contributed by atoms with Gasteiger partial charge in [-0.25, -0.2) is 9.89 Å². The fraction of sp³-hybridized carbons (Fsp3) is 0.778. The Bertz CT molecular complexity index is 386. The molecule has 7 heteroatoms. The van der Waals surface area contributed by atoms with E-state index in [2.05, 4.69) is 22.8 Å². The van der Waals surface area contributed by atoms with Gasteiger partial charge in [-0.05, 0) is 12.8 Å². The third-order valence-electron chi connectivity index (χ3n) is 2.28. The van der Waals surface area contributed by atoms with Gasteiger partial charge in [0.2, 0.25) is 0 Å². The summed E-state index contributed by atoms with van der Waals surface area (Å²) in [5, 5.41) is 7.29. The second-order valence-corrected chi connectivity index (χ2v) is 5.11. The van der Waals surface area contributed by atoms with E-state index in [4.69, 9.17) is 4.74 Å². The number of hydrogen-bond donors (Lipinski definition) is 2. The number of rotatable bonds is 7. The molecule has 5 nitrogen and oxygen atoms in total. The van der Waals surface area contributed by atoms with Crippen molar-refractivity contribution in [3.8, 4) is 0 Å². The Kier molecular flexibility index (Phi) is 4.37. The predicted octanol–water partition coefficient (Wildman–Crippen LogP) is 0.945. The molecule has 1 fully saturated rings. The summed E-state index contributed by atoms with van der Waals surface area (Å²) in [4.78, 5) is 11.4. The number of thiol groups is 1. The summed E-state index contributed by atoms with van der Waals surface area (Å²) >= 11 is 5.61. The Morgan fingerprint density at radius 2 is 2.38 bits per heavy atom. The largest absolute Gasteiger partial charge is 0.380 e. The normalized spacial score (nSPS) is 15.6. The van der Waals surface area contributed by atoms with Crippen molar-refractivity contribution in [3.05, 3.63) is 10.5 Å². The maximum atomic E-state index is 11.4. The standard InChI is InChI=1S/C9H15N3O2S2/c13-8-10-11-9(12(8)7-1-2-7)16-6-4-14-3-5-15/h7,15H,1-6H2,(H,10,13). The number of thioether (sulfide) groups is 1. The average Bonchev–Trinajstić information content (AvgIpc) is 3.04. The highest BCUT2D eigenvalue weighted by Gasteiger charge is 2.28. The number of nitrogens with zero attached hydrogens (tertiary/aromatic N) is 2. The Balaban J connectivity index is 1.82. The Morgan fingerprint density at radius 1 is 1.56 bits per heavy atom. The molecule has 1 saturated carbocycles. The van der Waals surface area contributed by atoms with Crippen LogP contribution in [0.1, 0.15) is 18.9 Å². The average molecular weight is 261 g/mol. The summed E-state index contributed by atoms with van der Waals surface area (Å²) in [6, 6.07) is 0.368. The number of aromatic nitrogens is 3. The van der Waals surface area contributed by atoms with Crippen LogP contribution in [0.3, 0.4) is 0 Å². The zero-order chi connectivity index (χ0) is 11.4. The maximum Gasteiger partial charge on any atom is 0.344 e. The Hall–Kier alpha value is -0.400. The molecule has 90 valence electrons. The van der Waals surface area contributed by atoms with Gasteiger partial charge in [0.05, 0.1) is 13.2 Å². The molecule has 0 radical (unpaired) electrons. The predicted molar refractivity (Wildman–Crippen MR) is 66.5 cm³/mol. The fourth-order valence-corrected chi connectivity index (χ4v) is 2.40. The van der Waals surface area contributed by atoms with Crippen molar-refractivity contribution in [2.45, 2.75) is 24.0 Å². The van der Waals surface area contributed by atoms with Crippen LogP contribution in [0.15, 0.2) is 9.95 Å². The topological polar surface area (TPSA) is 59.9 Å². The lowest BCUT2D eigenvalue weighted by molar-refractivity contribution is 0.167. The highest BCUT2D eigenvalue weighted by molar-refractivity contribution is 7.99. The van der Waals surface area contributed by atoms with E-state index < -0.39 is 0 Å². The summed E-state index contributed by atoms with van der Waals surface area (Å²) < 4.78 is 7.06. The molecular formula is C9H15N3O2S2. The molecule has 0 unspecified atom stereocenters. The lowest BCUT2D eigenvalue weighted by atomic mass is 10.7. The molecular weight excluding hydrogens is 246 g/mol. The van der Waals surface area contributed by atoms with Crippen LogP contribution in [0.2, 0.25) is 0 Å². The van der Waals surface area contributed by atoms with Crippen LogP contribution < -0.4 is 5.69 Å². The second kappa shape index (κ2) is 5.79. The van der Waals surface area contributed by atoms with Crippen molar-refractivity contribution in [3.63, 3.8) is 0 Å². The smallest absolute Gasteiger partial charge is 0.344 e. The zero-order valence-corrected chi connectivity index (χ0v) is 10.6. The molecule has 1 heterocycles. The van der Waals surface area contributed by atoms with Crippen LogP contribution in [-0.2, 0) is 4.74 Å². The molecule has 0 amide bonds. The minimum absolute atomic E-state index is 0.0960. The van der Waals surface area contributed by atoms with Gasteiger partial charge >= 0.3 is 5.69 Å². The Labute approximate surface area is 103 Å². The third kappa shape index (κ3) is 3.05. The zero-order valence-electron chi connectivity index (χ0n) is 8.89. The molecule has 16 heavy (non-hydrogen) atoms. The number of nitrogens with one attached hydrogen (secondary N) is 1. The molecule has 0 bridgehead atoms. The third-order valence-corrected chi connectivity index (χ3v) is 3.38. The van der Waals surface area contributed by atoms with E-state index in [0.29, 0.717) is 19.3 Å². The van der Waals surface area contributed by atoms with Crippen LogP contribution >= 0.6 is 24.4 Å². The first-order chi connectivity index (χ1) is 7.83. The van der Waals surface area contributed by atoms with Crippen molar-refractivity contribution in [2.24, 2.45) is 0 Å². The first kappa shape index (κ1) is 12.1. The van der Waals surface area contributed by atoms with Gasteiger partial charge in [0.15, 0.2) is 5.16 Å². The van der Waals surface area contributed by atoms with E-state index in [1.165, 1.54) is 0 Å². The van der Waals surface area contributed by atoms with Gasteiger partial charge in [0.1, 0.15) is 0 Å². The molecule has 0 aliphatic heterocycles. The van der Waals surface area contributed by atoms with Crippen LogP contribution in [0.4, 0.5) is 0 Å². The number of H-pyrrole nitrogens is 1. The summed E-state index contributed by atoms with van der Waals surface area (Å²) in [6.45, 7) is 1.33. The number of hydrogen-bond acceptors (Lipinski definition) is 5. The SMILES string of the molecule is O=c1[nH]nc(SCCOCCS)n1C1CC1. The van der Waals surface area contributed by atoms with Gasteiger partial charge in [-0.2, -0.15) is 12.6 Å². The highest BCUT2D eigenvalue weighted by atomic mass is 32.2. The van der Waals surface area contributed by atoms with Gasteiger partial charge in [0.25, 0.3) is 0 Å². The van der Waals surface area contributed by atoms with Crippen molar-refractivity contribution < 1.29 is 4.74 Å². The number of aromatic amines is 1. The molecule has 1 aromatic rings. The number of ether oxygens (including phenoxy) is 1. The molecule has 0 atom stereocenters. The van der Waals surface area contributed by atoms with Gasteiger partial charge in [-0.1, -0.05) is 11.8 Å². The summed E-state index contributed by atoms with van der Waals surface area (Å²) in [5.74, 6) is 1.55. The Morgan fingerprint density at radius 3 is 3.06 bits per heavy atom. The molecule has 2 rings (SSSR count). The second-order valence-electron chi connectivity index (χ2n) is 3.60. The van der Waals surface area contributed by atoms with Gasteiger partial charge in [0, 0.05) is 17.5 Å². The molecule has 1 aliphatic rings. The summed E-state index contributed by atoms with van der Waals surface area (Å²) in [5.41, 5.74) is -0.0960. The molecule has 1 aliphatic carbocycles. The maximum absolute atomic E-state index is 11.4. The van der Waals surface area contributed by atoms with Crippen LogP contribution in [0.25, 0.3) is 0 Å². The minimum Gasteiger partial charge on any atom is -0.380 e. The van der Waals surface area contributed by atoms with Gasteiger partial charge < -0.3 is 4.74 Å².